The van der Waals surface area contributed by atoms with Gasteiger partial charge in [-0.05, 0) is 48.3 Å². The third kappa shape index (κ3) is 3.14. The maximum atomic E-state index is 6.50. The lowest BCUT2D eigenvalue weighted by atomic mass is 9.87. The molecule has 0 radical (unpaired) electrons. The summed E-state index contributed by atoms with van der Waals surface area (Å²) in [5, 5.41) is 5.60. The quantitative estimate of drug-likeness (QED) is 0.829. The van der Waals surface area contributed by atoms with Crippen molar-refractivity contribution in [1.82, 2.24) is 4.98 Å². The van der Waals surface area contributed by atoms with Gasteiger partial charge >= 0.3 is 0 Å². The maximum Gasteiger partial charge on any atom is 0.0752 e. The summed E-state index contributed by atoms with van der Waals surface area (Å²) in [6.45, 7) is 6.74. The average Bonchev–Trinajstić information content (AvgIpc) is 2.42. The second-order valence-electron chi connectivity index (χ2n) is 6.67. The summed E-state index contributed by atoms with van der Waals surface area (Å²) in [6.07, 6.45) is 3.01. The number of benzene rings is 1. The highest BCUT2D eigenvalue weighted by Gasteiger charge is 2.29. The molecular weight excluding hydrogens is 300 g/mol. The molecule has 4 heteroatoms. The molecule has 1 aliphatic heterocycles. The molecule has 0 amide bonds. The SMILES string of the molecule is Cc1cc(Cl)c(NC2CSCC(C)(C)C2)c2cccnc12. The molecule has 1 fully saturated rings. The Hall–Kier alpha value is -0.930. The Morgan fingerprint density at radius 2 is 2.24 bits per heavy atom. The van der Waals surface area contributed by atoms with Crippen LogP contribution in [0.1, 0.15) is 25.8 Å². The van der Waals surface area contributed by atoms with E-state index in [1.54, 1.807) is 0 Å². The molecule has 1 atom stereocenters. The number of thioether (sulfide) groups is 1. The molecule has 1 aliphatic rings. The van der Waals surface area contributed by atoms with Crippen LogP contribution in [0.3, 0.4) is 0 Å². The molecule has 1 saturated heterocycles. The molecule has 0 spiro atoms. The van der Waals surface area contributed by atoms with Crippen LogP contribution >= 0.6 is 23.4 Å². The minimum absolute atomic E-state index is 0.381. The van der Waals surface area contributed by atoms with Crippen LogP contribution in [0.5, 0.6) is 0 Å². The number of anilines is 1. The molecule has 1 aromatic heterocycles. The van der Waals surface area contributed by atoms with E-state index < -0.39 is 0 Å². The summed E-state index contributed by atoms with van der Waals surface area (Å²) in [5.41, 5.74) is 3.58. The number of halogens is 1. The number of fused-ring (bicyclic) bond motifs is 1. The van der Waals surface area contributed by atoms with Crippen molar-refractivity contribution in [3.05, 3.63) is 35.0 Å². The number of nitrogens with one attached hydrogen (secondary N) is 1. The average molecular weight is 321 g/mol. The topological polar surface area (TPSA) is 24.9 Å². The molecule has 0 aliphatic carbocycles. The maximum absolute atomic E-state index is 6.50. The van der Waals surface area contributed by atoms with Gasteiger partial charge in [0, 0.05) is 23.4 Å². The van der Waals surface area contributed by atoms with E-state index in [1.807, 2.05) is 30.1 Å². The minimum Gasteiger partial charge on any atom is -0.380 e. The molecule has 2 heterocycles. The summed E-state index contributed by atoms with van der Waals surface area (Å²) >= 11 is 8.52. The summed E-state index contributed by atoms with van der Waals surface area (Å²) in [4.78, 5) is 4.50. The van der Waals surface area contributed by atoms with Crippen LogP contribution in [-0.2, 0) is 0 Å². The highest BCUT2D eigenvalue weighted by molar-refractivity contribution is 7.99. The lowest BCUT2D eigenvalue weighted by Gasteiger charge is -2.36. The first-order valence-corrected chi connectivity index (χ1v) is 8.88. The summed E-state index contributed by atoms with van der Waals surface area (Å²) in [7, 11) is 0. The zero-order valence-corrected chi connectivity index (χ0v) is 14.3. The summed E-state index contributed by atoms with van der Waals surface area (Å²) < 4.78 is 0. The normalized spacial score (nSPS) is 21.4. The van der Waals surface area contributed by atoms with Gasteiger partial charge in [0.25, 0.3) is 0 Å². The molecule has 2 nitrogen and oxygen atoms in total. The van der Waals surface area contributed by atoms with E-state index in [-0.39, 0.29) is 0 Å². The largest absolute Gasteiger partial charge is 0.380 e. The van der Waals surface area contributed by atoms with Gasteiger partial charge in [-0.1, -0.05) is 25.4 Å². The van der Waals surface area contributed by atoms with Crippen LogP contribution in [0.4, 0.5) is 5.69 Å². The van der Waals surface area contributed by atoms with Gasteiger partial charge in [0.05, 0.1) is 16.2 Å². The lowest BCUT2D eigenvalue weighted by Crippen LogP contribution is -2.35. The van der Waals surface area contributed by atoms with Crippen LogP contribution in [-0.4, -0.2) is 22.5 Å². The Labute approximate surface area is 135 Å². The lowest BCUT2D eigenvalue weighted by molar-refractivity contribution is 0.358. The fraction of sp³-hybridized carbons (Fsp3) is 0.471. The van der Waals surface area contributed by atoms with E-state index in [0.717, 1.165) is 32.9 Å². The van der Waals surface area contributed by atoms with E-state index in [9.17, 15) is 0 Å². The Kier molecular flexibility index (Phi) is 4.06. The minimum atomic E-state index is 0.381. The first-order chi connectivity index (χ1) is 9.96. The van der Waals surface area contributed by atoms with E-state index >= 15 is 0 Å². The van der Waals surface area contributed by atoms with Crippen molar-refractivity contribution in [2.45, 2.75) is 33.2 Å². The fourth-order valence-corrected chi connectivity index (χ4v) is 4.68. The Morgan fingerprint density at radius 1 is 1.43 bits per heavy atom. The van der Waals surface area contributed by atoms with Crippen molar-refractivity contribution < 1.29 is 0 Å². The molecule has 1 N–H and O–H groups in total. The molecule has 0 bridgehead atoms. The third-order valence-corrected chi connectivity index (χ3v) is 5.91. The Bertz CT molecular complexity index is 669. The van der Waals surface area contributed by atoms with Crippen LogP contribution in [0.15, 0.2) is 24.4 Å². The van der Waals surface area contributed by atoms with Crippen molar-refractivity contribution in [1.29, 1.82) is 0 Å². The van der Waals surface area contributed by atoms with E-state index in [0.29, 0.717) is 11.5 Å². The van der Waals surface area contributed by atoms with Crippen molar-refractivity contribution in [3.8, 4) is 0 Å². The highest BCUT2D eigenvalue weighted by Crippen LogP contribution is 2.38. The summed E-state index contributed by atoms with van der Waals surface area (Å²) in [5.74, 6) is 2.37. The van der Waals surface area contributed by atoms with Crippen molar-refractivity contribution in [2.75, 3.05) is 16.8 Å². The summed E-state index contributed by atoms with van der Waals surface area (Å²) in [6, 6.07) is 6.55. The predicted molar refractivity (Wildman–Crippen MR) is 94.6 cm³/mol. The monoisotopic (exact) mass is 320 g/mol. The number of aromatic nitrogens is 1. The molecule has 2 aromatic rings. The predicted octanol–water partition coefficient (Wildman–Crippen LogP) is 5.14. The fourth-order valence-electron chi connectivity index (χ4n) is 3.09. The van der Waals surface area contributed by atoms with Crippen molar-refractivity contribution in [3.63, 3.8) is 0 Å². The van der Waals surface area contributed by atoms with Gasteiger partial charge in [-0.3, -0.25) is 4.98 Å². The standard InChI is InChI=1S/C17H21ClN2S/c1-11-7-14(18)16(13-5-4-6-19-15(11)13)20-12-8-17(2,3)10-21-9-12/h4-7,12,20H,8-10H2,1-3H3. The molecule has 3 rings (SSSR count). The Morgan fingerprint density at radius 3 is 3.00 bits per heavy atom. The van der Waals surface area contributed by atoms with E-state index in [4.69, 9.17) is 11.6 Å². The molecule has 1 aromatic carbocycles. The number of nitrogens with zero attached hydrogens (tertiary/aromatic N) is 1. The van der Waals surface area contributed by atoms with Crippen LogP contribution < -0.4 is 5.32 Å². The molecule has 1 unspecified atom stereocenters. The number of rotatable bonds is 2. The second-order valence-corrected chi connectivity index (χ2v) is 8.11. The van der Waals surface area contributed by atoms with Gasteiger partial charge in [0.15, 0.2) is 0 Å². The van der Waals surface area contributed by atoms with Crippen LogP contribution in [0, 0.1) is 12.3 Å². The number of pyridine rings is 1. The van der Waals surface area contributed by atoms with Gasteiger partial charge in [-0.15, -0.1) is 0 Å². The van der Waals surface area contributed by atoms with Crippen LogP contribution in [0.25, 0.3) is 10.9 Å². The molecular formula is C17H21ClN2S. The molecule has 0 saturated carbocycles. The van der Waals surface area contributed by atoms with Gasteiger partial charge < -0.3 is 5.32 Å². The Balaban J connectivity index is 1.97. The van der Waals surface area contributed by atoms with Crippen molar-refractivity contribution >= 4 is 40.0 Å². The number of aryl methyl sites for hydroxylation is 1. The zero-order chi connectivity index (χ0) is 15.0. The number of hydrogen-bond donors (Lipinski definition) is 1. The van der Waals surface area contributed by atoms with E-state index in [1.165, 1.54) is 12.2 Å². The van der Waals surface area contributed by atoms with Gasteiger partial charge in [0.2, 0.25) is 0 Å². The van der Waals surface area contributed by atoms with Gasteiger partial charge in [0.1, 0.15) is 0 Å². The second kappa shape index (κ2) is 5.69. The van der Waals surface area contributed by atoms with Crippen LogP contribution in [0.2, 0.25) is 5.02 Å². The van der Waals surface area contributed by atoms with Gasteiger partial charge in [-0.25, -0.2) is 0 Å². The first kappa shape index (κ1) is 15.0. The van der Waals surface area contributed by atoms with Gasteiger partial charge in [-0.2, -0.15) is 11.8 Å². The smallest absolute Gasteiger partial charge is 0.0752 e. The number of hydrogen-bond acceptors (Lipinski definition) is 3. The third-order valence-electron chi connectivity index (χ3n) is 3.99. The molecule has 112 valence electrons. The highest BCUT2D eigenvalue weighted by atomic mass is 35.5. The van der Waals surface area contributed by atoms with Crippen molar-refractivity contribution in [2.24, 2.45) is 5.41 Å². The molecule has 21 heavy (non-hydrogen) atoms. The van der Waals surface area contributed by atoms with E-state index in [2.05, 4.69) is 37.1 Å². The zero-order valence-electron chi connectivity index (χ0n) is 12.7. The first-order valence-electron chi connectivity index (χ1n) is 7.34.